The highest BCUT2D eigenvalue weighted by Crippen LogP contribution is 2.29. The second kappa shape index (κ2) is 9.78. The van der Waals surface area contributed by atoms with Gasteiger partial charge in [-0.15, -0.1) is 0 Å². The zero-order valence-electron chi connectivity index (χ0n) is 16.9. The number of nitrogens with zero attached hydrogens (tertiary/aromatic N) is 2. The average Bonchev–Trinajstić information content (AvgIpc) is 2.74. The van der Waals surface area contributed by atoms with E-state index in [1.54, 1.807) is 11.0 Å². The van der Waals surface area contributed by atoms with E-state index in [4.69, 9.17) is 4.74 Å². The Balaban J connectivity index is 1.71. The van der Waals surface area contributed by atoms with Crippen LogP contribution in [0.5, 0.6) is 5.75 Å². The lowest BCUT2D eigenvalue weighted by molar-refractivity contribution is -0.129. The van der Waals surface area contributed by atoms with Crippen molar-refractivity contribution in [2.24, 2.45) is 0 Å². The highest BCUT2D eigenvalue weighted by atomic mass is 16.5. The van der Waals surface area contributed by atoms with E-state index in [1.165, 1.54) is 6.92 Å². The number of anilines is 1. The van der Waals surface area contributed by atoms with Gasteiger partial charge in [0.15, 0.2) is 0 Å². The maximum atomic E-state index is 13.1. The third-order valence-corrected chi connectivity index (χ3v) is 4.72. The first kappa shape index (κ1) is 20.5. The summed E-state index contributed by atoms with van der Waals surface area (Å²) >= 11 is 0. The lowest BCUT2D eigenvalue weighted by atomic mass is 10.1. The minimum absolute atomic E-state index is 0.165. The van der Waals surface area contributed by atoms with Crippen LogP contribution in [0.4, 0.5) is 5.69 Å². The van der Waals surface area contributed by atoms with Gasteiger partial charge in [0.25, 0.3) is 5.91 Å². The number of piperazine rings is 1. The molecule has 0 aliphatic carbocycles. The van der Waals surface area contributed by atoms with E-state index in [0.717, 1.165) is 17.0 Å². The van der Waals surface area contributed by atoms with Crippen molar-refractivity contribution in [3.05, 3.63) is 65.9 Å². The van der Waals surface area contributed by atoms with Crippen molar-refractivity contribution in [3.63, 3.8) is 0 Å². The van der Waals surface area contributed by atoms with Crippen molar-refractivity contribution in [1.29, 1.82) is 0 Å². The summed E-state index contributed by atoms with van der Waals surface area (Å²) in [4.78, 5) is 28.7. The molecule has 1 heterocycles. The van der Waals surface area contributed by atoms with Gasteiger partial charge in [0.2, 0.25) is 5.91 Å². The first-order valence-corrected chi connectivity index (χ1v) is 9.89. The molecule has 1 fully saturated rings. The van der Waals surface area contributed by atoms with Crippen molar-refractivity contribution in [2.75, 3.05) is 37.7 Å². The minimum atomic E-state index is -0.259. The van der Waals surface area contributed by atoms with Crippen LogP contribution in [0, 0.1) is 0 Å². The normalized spacial score (nSPS) is 14.5. The molecular weight excluding hydrogens is 366 g/mol. The number of benzene rings is 2. The van der Waals surface area contributed by atoms with E-state index in [9.17, 15) is 9.59 Å². The molecule has 1 aliphatic rings. The second-order valence-electron chi connectivity index (χ2n) is 6.83. The topological polar surface area (TPSA) is 61.9 Å². The van der Waals surface area contributed by atoms with Gasteiger partial charge >= 0.3 is 0 Å². The van der Waals surface area contributed by atoms with E-state index in [0.29, 0.717) is 38.5 Å². The number of carbonyl (C=O) groups excluding carboxylic acids is 2. The largest absolute Gasteiger partial charge is 0.492 e. The summed E-state index contributed by atoms with van der Waals surface area (Å²) in [5, 5.41) is 2.69. The first-order valence-electron chi connectivity index (χ1n) is 9.89. The van der Waals surface area contributed by atoms with Crippen molar-refractivity contribution >= 4 is 23.6 Å². The molecule has 2 amide bonds. The fourth-order valence-electron chi connectivity index (χ4n) is 3.37. The third kappa shape index (κ3) is 5.38. The smallest absolute Gasteiger partial charge is 0.270 e. The summed E-state index contributed by atoms with van der Waals surface area (Å²) < 4.78 is 5.73. The summed E-state index contributed by atoms with van der Waals surface area (Å²) in [7, 11) is 0. The Morgan fingerprint density at radius 1 is 1.00 bits per heavy atom. The highest BCUT2D eigenvalue weighted by molar-refractivity contribution is 6.01. The van der Waals surface area contributed by atoms with Crippen molar-refractivity contribution in [1.82, 2.24) is 10.2 Å². The summed E-state index contributed by atoms with van der Waals surface area (Å²) in [6.07, 6.45) is 1.72. The van der Waals surface area contributed by atoms with Crippen LogP contribution in [0.25, 0.3) is 6.08 Å². The lowest BCUT2D eigenvalue weighted by Gasteiger charge is -2.37. The van der Waals surface area contributed by atoms with Gasteiger partial charge in [0, 0.05) is 33.1 Å². The Kier molecular flexibility index (Phi) is 6.89. The molecule has 1 aliphatic heterocycles. The van der Waals surface area contributed by atoms with E-state index in [2.05, 4.69) is 10.2 Å². The maximum Gasteiger partial charge on any atom is 0.270 e. The number of para-hydroxylation sites is 2. The zero-order valence-corrected chi connectivity index (χ0v) is 16.9. The molecule has 3 rings (SSSR count). The molecule has 0 aromatic heterocycles. The molecule has 0 bridgehead atoms. The summed E-state index contributed by atoms with van der Waals surface area (Å²) in [5.41, 5.74) is 2.21. The maximum absolute atomic E-state index is 13.1. The van der Waals surface area contributed by atoms with Crippen molar-refractivity contribution in [3.8, 4) is 5.75 Å². The van der Waals surface area contributed by atoms with Crippen LogP contribution in [-0.2, 0) is 9.59 Å². The van der Waals surface area contributed by atoms with Gasteiger partial charge in [-0.05, 0) is 30.7 Å². The quantitative estimate of drug-likeness (QED) is 0.767. The molecule has 0 spiro atoms. The summed E-state index contributed by atoms with van der Waals surface area (Å²) in [5.74, 6) is 0.435. The number of nitrogens with one attached hydrogen (secondary N) is 1. The third-order valence-electron chi connectivity index (χ3n) is 4.72. The number of carbonyl (C=O) groups is 2. The van der Waals surface area contributed by atoms with Gasteiger partial charge in [-0.25, -0.2) is 0 Å². The Hall–Kier alpha value is -3.28. The molecule has 0 atom stereocenters. The Morgan fingerprint density at radius 3 is 2.31 bits per heavy atom. The van der Waals surface area contributed by atoms with E-state index in [-0.39, 0.29) is 11.8 Å². The number of hydrogen-bond acceptors (Lipinski definition) is 4. The minimum Gasteiger partial charge on any atom is -0.492 e. The molecule has 1 saturated heterocycles. The van der Waals surface area contributed by atoms with Gasteiger partial charge in [-0.1, -0.05) is 42.5 Å². The zero-order chi connectivity index (χ0) is 20.6. The van der Waals surface area contributed by atoms with E-state index < -0.39 is 0 Å². The Bertz CT molecular complexity index is 872. The highest BCUT2D eigenvalue weighted by Gasteiger charge is 2.25. The molecular formula is C23H27N3O3. The van der Waals surface area contributed by atoms with Crippen LogP contribution in [0.3, 0.4) is 0 Å². The van der Waals surface area contributed by atoms with E-state index >= 15 is 0 Å². The van der Waals surface area contributed by atoms with Crippen molar-refractivity contribution in [2.45, 2.75) is 13.8 Å². The fraction of sp³-hybridized carbons (Fsp3) is 0.304. The summed E-state index contributed by atoms with van der Waals surface area (Å²) in [6, 6.07) is 17.5. The van der Waals surface area contributed by atoms with Gasteiger partial charge in [-0.3, -0.25) is 9.59 Å². The van der Waals surface area contributed by atoms with E-state index in [1.807, 2.05) is 61.5 Å². The second-order valence-corrected chi connectivity index (χ2v) is 6.83. The van der Waals surface area contributed by atoms with Crippen LogP contribution in [-0.4, -0.2) is 49.5 Å². The Morgan fingerprint density at radius 2 is 1.66 bits per heavy atom. The monoisotopic (exact) mass is 393 g/mol. The van der Waals surface area contributed by atoms with Gasteiger partial charge < -0.3 is 19.9 Å². The number of amides is 2. The molecule has 2 aromatic carbocycles. The molecule has 6 heteroatoms. The average molecular weight is 393 g/mol. The first-order chi connectivity index (χ1) is 14.1. The van der Waals surface area contributed by atoms with Gasteiger partial charge in [-0.2, -0.15) is 0 Å². The van der Waals surface area contributed by atoms with Crippen LogP contribution in [0.15, 0.2) is 60.3 Å². The molecule has 0 radical (unpaired) electrons. The number of rotatable bonds is 6. The SMILES string of the molecule is CCOc1ccccc1N1CCN(C(=O)/C(=C\c2ccccc2)NC(C)=O)CC1. The molecule has 1 N–H and O–H groups in total. The molecule has 29 heavy (non-hydrogen) atoms. The van der Waals surface area contributed by atoms with Gasteiger partial charge in [0.05, 0.1) is 12.3 Å². The van der Waals surface area contributed by atoms with Crippen LogP contribution < -0.4 is 15.0 Å². The fourth-order valence-corrected chi connectivity index (χ4v) is 3.37. The standard InChI is InChI=1S/C23H27N3O3/c1-3-29-22-12-8-7-11-21(22)25-13-15-26(16-14-25)23(28)20(24-18(2)27)17-19-9-5-4-6-10-19/h4-12,17H,3,13-16H2,1-2H3,(H,24,27)/b20-17+. The predicted molar refractivity (Wildman–Crippen MR) is 115 cm³/mol. The number of ether oxygens (including phenoxy) is 1. The predicted octanol–water partition coefficient (Wildman–Crippen LogP) is 2.91. The summed E-state index contributed by atoms with van der Waals surface area (Å²) in [6.45, 7) is 6.55. The van der Waals surface area contributed by atoms with Crippen molar-refractivity contribution < 1.29 is 14.3 Å². The van der Waals surface area contributed by atoms with Crippen LogP contribution in [0.1, 0.15) is 19.4 Å². The lowest BCUT2D eigenvalue weighted by Crippen LogP contribution is -2.50. The molecule has 0 unspecified atom stereocenters. The molecule has 0 saturated carbocycles. The number of hydrogen-bond donors (Lipinski definition) is 1. The Labute approximate surface area is 171 Å². The molecule has 152 valence electrons. The molecule has 6 nitrogen and oxygen atoms in total. The van der Waals surface area contributed by atoms with Crippen LogP contribution in [0.2, 0.25) is 0 Å². The molecule has 2 aromatic rings. The van der Waals surface area contributed by atoms with Crippen LogP contribution >= 0.6 is 0 Å². The van der Waals surface area contributed by atoms with Gasteiger partial charge in [0.1, 0.15) is 11.4 Å².